The third-order valence-electron chi connectivity index (χ3n) is 3.53. The smallest absolute Gasteiger partial charge is 0.153 e. The van der Waals surface area contributed by atoms with E-state index < -0.39 is 0 Å². The summed E-state index contributed by atoms with van der Waals surface area (Å²) in [4.78, 5) is 4.62. The zero-order valence-electron chi connectivity index (χ0n) is 9.16. The van der Waals surface area contributed by atoms with Gasteiger partial charge in [0.05, 0.1) is 6.04 Å². The Morgan fingerprint density at radius 3 is 2.87 bits per heavy atom. The molecule has 2 N–H and O–H groups in total. The summed E-state index contributed by atoms with van der Waals surface area (Å²) in [5.41, 5.74) is 0. The maximum Gasteiger partial charge on any atom is 0.153 e. The first-order valence-corrected chi connectivity index (χ1v) is 6.00. The Labute approximate surface area is 89.9 Å². The predicted octanol–water partition coefficient (Wildman–Crippen LogP) is 1.74. The van der Waals surface area contributed by atoms with Gasteiger partial charge >= 0.3 is 0 Å². The van der Waals surface area contributed by atoms with Gasteiger partial charge < -0.3 is 5.32 Å². The minimum absolute atomic E-state index is 0.388. The third-order valence-corrected chi connectivity index (χ3v) is 3.53. The molecule has 15 heavy (non-hydrogen) atoms. The molecule has 2 fully saturated rings. The van der Waals surface area contributed by atoms with Gasteiger partial charge in [-0.15, -0.1) is 0 Å². The van der Waals surface area contributed by atoms with E-state index in [4.69, 9.17) is 0 Å². The van der Waals surface area contributed by atoms with E-state index in [2.05, 4.69) is 27.4 Å². The molecular formula is C11H18N4. The van der Waals surface area contributed by atoms with Crippen LogP contribution in [0.25, 0.3) is 0 Å². The summed E-state index contributed by atoms with van der Waals surface area (Å²) in [6, 6.07) is 0.388. The molecule has 1 saturated carbocycles. The summed E-state index contributed by atoms with van der Waals surface area (Å²) in [5.74, 6) is 3.39. The van der Waals surface area contributed by atoms with Gasteiger partial charge in [0, 0.05) is 5.92 Å². The van der Waals surface area contributed by atoms with Gasteiger partial charge in [0.25, 0.3) is 0 Å². The number of aromatic nitrogens is 3. The predicted molar refractivity (Wildman–Crippen MR) is 57.5 cm³/mol. The molecule has 0 aromatic carbocycles. The van der Waals surface area contributed by atoms with Crippen molar-refractivity contribution in [2.24, 2.45) is 5.92 Å². The zero-order valence-corrected chi connectivity index (χ0v) is 9.16. The highest BCUT2D eigenvalue weighted by molar-refractivity contribution is 5.08. The van der Waals surface area contributed by atoms with Crippen LogP contribution in [0.4, 0.5) is 0 Å². The highest BCUT2D eigenvalue weighted by Crippen LogP contribution is 2.38. The average Bonchev–Trinajstić information content (AvgIpc) is 2.99. The van der Waals surface area contributed by atoms with Crippen molar-refractivity contribution in [3.63, 3.8) is 0 Å². The molecule has 2 heterocycles. The van der Waals surface area contributed by atoms with Crippen molar-refractivity contribution in [2.75, 3.05) is 6.54 Å². The lowest BCUT2D eigenvalue weighted by molar-refractivity contribution is 0.295. The Morgan fingerprint density at radius 1 is 1.27 bits per heavy atom. The molecule has 2 aliphatic rings. The molecule has 4 heteroatoms. The summed E-state index contributed by atoms with van der Waals surface area (Å²) in [6.45, 7) is 3.39. The highest BCUT2D eigenvalue weighted by Gasteiger charge is 2.30. The molecule has 0 spiro atoms. The van der Waals surface area contributed by atoms with Gasteiger partial charge in [0.1, 0.15) is 5.82 Å². The number of aromatic amines is 1. The van der Waals surface area contributed by atoms with Crippen molar-refractivity contribution in [3.8, 4) is 0 Å². The first-order valence-electron chi connectivity index (χ1n) is 6.00. The first-order chi connectivity index (χ1) is 7.34. The van der Waals surface area contributed by atoms with Crippen molar-refractivity contribution >= 4 is 0 Å². The van der Waals surface area contributed by atoms with Crippen LogP contribution in [0.2, 0.25) is 0 Å². The lowest BCUT2D eigenvalue weighted by Crippen LogP contribution is -2.33. The third kappa shape index (κ3) is 1.78. The standard InChI is InChI=1S/C11H18N4/c1-7-3-2-6-12-9(7)11-13-10(14-15-11)8-4-5-8/h7-9,12H,2-6H2,1H3,(H,13,14,15). The van der Waals surface area contributed by atoms with E-state index in [9.17, 15) is 0 Å². The lowest BCUT2D eigenvalue weighted by Gasteiger charge is -2.28. The zero-order chi connectivity index (χ0) is 10.3. The van der Waals surface area contributed by atoms with Gasteiger partial charge in [0.2, 0.25) is 0 Å². The minimum atomic E-state index is 0.388. The monoisotopic (exact) mass is 206 g/mol. The van der Waals surface area contributed by atoms with Crippen LogP contribution in [0.15, 0.2) is 0 Å². The van der Waals surface area contributed by atoms with Crippen LogP contribution in [0.5, 0.6) is 0 Å². The SMILES string of the molecule is CC1CCCNC1c1nc(C2CC2)n[nH]1. The molecule has 0 bridgehead atoms. The van der Waals surface area contributed by atoms with E-state index in [0.717, 1.165) is 18.2 Å². The quantitative estimate of drug-likeness (QED) is 0.775. The van der Waals surface area contributed by atoms with E-state index in [-0.39, 0.29) is 0 Å². The first kappa shape index (κ1) is 9.33. The normalized spacial score (nSPS) is 31.8. The van der Waals surface area contributed by atoms with Crippen LogP contribution in [0.1, 0.15) is 56.2 Å². The van der Waals surface area contributed by atoms with Gasteiger partial charge in [-0.2, -0.15) is 5.10 Å². The second-order valence-corrected chi connectivity index (χ2v) is 4.90. The number of rotatable bonds is 2. The summed E-state index contributed by atoms with van der Waals surface area (Å²) in [5, 5.41) is 10.9. The van der Waals surface area contributed by atoms with E-state index >= 15 is 0 Å². The van der Waals surface area contributed by atoms with E-state index in [1.54, 1.807) is 0 Å². The Balaban J connectivity index is 1.78. The fourth-order valence-electron chi connectivity index (χ4n) is 2.37. The molecular weight excluding hydrogens is 188 g/mol. The van der Waals surface area contributed by atoms with Crippen molar-refractivity contribution in [1.29, 1.82) is 0 Å². The van der Waals surface area contributed by atoms with Gasteiger partial charge in [0.15, 0.2) is 5.82 Å². The van der Waals surface area contributed by atoms with Crippen LogP contribution < -0.4 is 5.32 Å². The van der Waals surface area contributed by atoms with E-state index in [0.29, 0.717) is 17.9 Å². The summed E-state index contributed by atoms with van der Waals surface area (Å²) in [7, 11) is 0. The van der Waals surface area contributed by atoms with E-state index in [1.165, 1.54) is 25.7 Å². The molecule has 3 rings (SSSR count). The molecule has 82 valence electrons. The average molecular weight is 206 g/mol. The van der Waals surface area contributed by atoms with Crippen LogP contribution in [0.3, 0.4) is 0 Å². The van der Waals surface area contributed by atoms with Crippen LogP contribution >= 0.6 is 0 Å². The number of hydrogen-bond acceptors (Lipinski definition) is 3. The maximum atomic E-state index is 4.62. The second kappa shape index (κ2) is 3.59. The molecule has 2 unspecified atom stereocenters. The number of H-pyrrole nitrogens is 1. The molecule has 1 aliphatic carbocycles. The lowest BCUT2D eigenvalue weighted by atomic mass is 9.92. The topological polar surface area (TPSA) is 53.6 Å². The highest BCUT2D eigenvalue weighted by atomic mass is 15.2. The van der Waals surface area contributed by atoms with Gasteiger partial charge in [-0.25, -0.2) is 4.98 Å². The van der Waals surface area contributed by atoms with Crippen molar-refractivity contribution in [1.82, 2.24) is 20.5 Å². The van der Waals surface area contributed by atoms with Crippen LogP contribution in [-0.2, 0) is 0 Å². The van der Waals surface area contributed by atoms with E-state index in [1.807, 2.05) is 0 Å². The number of nitrogens with zero attached hydrogens (tertiary/aromatic N) is 2. The fraction of sp³-hybridized carbons (Fsp3) is 0.818. The number of nitrogens with one attached hydrogen (secondary N) is 2. The van der Waals surface area contributed by atoms with Gasteiger partial charge in [-0.3, -0.25) is 5.10 Å². The molecule has 2 atom stereocenters. The van der Waals surface area contributed by atoms with Gasteiger partial charge in [-0.05, 0) is 38.1 Å². The minimum Gasteiger partial charge on any atom is -0.307 e. The Kier molecular flexibility index (Phi) is 2.24. The Hall–Kier alpha value is -0.900. The molecule has 0 amide bonds. The Bertz CT molecular complexity index is 342. The second-order valence-electron chi connectivity index (χ2n) is 4.90. The molecule has 0 radical (unpaired) electrons. The number of piperidine rings is 1. The Morgan fingerprint density at radius 2 is 2.13 bits per heavy atom. The molecule has 1 aromatic heterocycles. The summed E-state index contributed by atoms with van der Waals surface area (Å²) < 4.78 is 0. The fourth-order valence-corrected chi connectivity index (χ4v) is 2.37. The maximum absolute atomic E-state index is 4.62. The van der Waals surface area contributed by atoms with Crippen LogP contribution in [-0.4, -0.2) is 21.7 Å². The molecule has 1 saturated heterocycles. The van der Waals surface area contributed by atoms with Crippen molar-refractivity contribution in [3.05, 3.63) is 11.6 Å². The van der Waals surface area contributed by atoms with Gasteiger partial charge in [-0.1, -0.05) is 6.92 Å². The van der Waals surface area contributed by atoms with Crippen molar-refractivity contribution < 1.29 is 0 Å². The molecule has 1 aromatic rings. The molecule has 4 nitrogen and oxygen atoms in total. The van der Waals surface area contributed by atoms with Crippen LogP contribution in [0, 0.1) is 5.92 Å². The number of hydrogen-bond donors (Lipinski definition) is 2. The largest absolute Gasteiger partial charge is 0.307 e. The summed E-state index contributed by atoms with van der Waals surface area (Å²) in [6.07, 6.45) is 5.11. The molecule has 1 aliphatic heterocycles. The summed E-state index contributed by atoms with van der Waals surface area (Å²) >= 11 is 0. The van der Waals surface area contributed by atoms with Crippen molar-refractivity contribution in [2.45, 2.75) is 44.6 Å².